The first-order valence-corrected chi connectivity index (χ1v) is 7.54. The van der Waals surface area contributed by atoms with Gasteiger partial charge >= 0.3 is 0 Å². The van der Waals surface area contributed by atoms with E-state index in [1.165, 1.54) is 27.6 Å². The second kappa shape index (κ2) is 4.74. The Bertz CT molecular complexity index is 800. The quantitative estimate of drug-likeness (QED) is 0.657. The van der Waals surface area contributed by atoms with Crippen molar-refractivity contribution in [1.82, 2.24) is 9.47 Å². The molecule has 0 bridgehead atoms. The van der Waals surface area contributed by atoms with Gasteiger partial charge in [-0.2, -0.15) is 0 Å². The van der Waals surface area contributed by atoms with Crippen molar-refractivity contribution in [2.24, 2.45) is 7.05 Å². The maximum atomic E-state index is 2.42. The molecule has 3 aromatic rings. The summed E-state index contributed by atoms with van der Waals surface area (Å²) < 4.78 is 2.18. The van der Waals surface area contributed by atoms with Gasteiger partial charge in [-0.05, 0) is 47.3 Å². The van der Waals surface area contributed by atoms with Crippen LogP contribution in [0.1, 0.15) is 22.6 Å². The van der Waals surface area contributed by atoms with E-state index in [0.717, 1.165) is 13.1 Å². The Labute approximate surface area is 125 Å². The minimum absolute atomic E-state index is 0.476. The number of aromatic nitrogens is 1. The van der Waals surface area contributed by atoms with Crippen molar-refractivity contribution < 1.29 is 0 Å². The fourth-order valence-electron chi connectivity index (χ4n) is 3.59. The summed E-state index contributed by atoms with van der Waals surface area (Å²) in [5.41, 5.74) is 5.68. The molecule has 1 aliphatic rings. The zero-order chi connectivity index (χ0) is 14.4. The van der Waals surface area contributed by atoms with Gasteiger partial charge in [0.05, 0.1) is 0 Å². The zero-order valence-electron chi connectivity index (χ0n) is 12.6. The van der Waals surface area contributed by atoms with E-state index in [1.54, 1.807) is 0 Å². The highest BCUT2D eigenvalue weighted by molar-refractivity contribution is 5.81. The molecule has 0 saturated carbocycles. The lowest BCUT2D eigenvalue weighted by Gasteiger charge is -2.32. The van der Waals surface area contributed by atoms with Gasteiger partial charge in [0.2, 0.25) is 0 Å². The average molecular weight is 276 g/mol. The van der Waals surface area contributed by atoms with Crippen LogP contribution in [-0.4, -0.2) is 23.1 Å². The number of nitrogens with zero attached hydrogens (tertiary/aromatic N) is 2. The molecule has 1 atom stereocenters. The Hall–Kier alpha value is -2.06. The number of rotatable bonds is 1. The molecule has 0 spiro atoms. The van der Waals surface area contributed by atoms with Gasteiger partial charge < -0.3 is 9.47 Å². The van der Waals surface area contributed by atoms with Gasteiger partial charge in [-0.25, -0.2) is 0 Å². The van der Waals surface area contributed by atoms with Gasteiger partial charge in [-0.3, -0.25) is 0 Å². The molecule has 0 saturated heterocycles. The van der Waals surface area contributed by atoms with Crippen LogP contribution in [0.25, 0.3) is 10.9 Å². The smallest absolute Gasteiger partial charge is 0.0477 e. The Balaban J connectivity index is 1.84. The van der Waals surface area contributed by atoms with Gasteiger partial charge in [0, 0.05) is 37.8 Å². The summed E-state index contributed by atoms with van der Waals surface area (Å²) in [6.07, 6.45) is 2.13. The minimum atomic E-state index is 0.476. The van der Waals surface area contributed by atoms with Gasteiger partial charge in [0.1, 0.15) is 0 Å². The minimum Gasteiger partial charge on any atom is -0.351 e. The third-order valence-electron chi connectivity index (χ3n) is 4.68. The van der Waals surface area contributed by atoms with Crippen molar-refractivity contribution in [2.75, 3.05) is 13.6 Å². The summed E-state index contributed by atoms with van der Waals surface area (Å²) in [4.78, 5) is 2.42. The molecule has 0 fully saturated rings. The van der Waals surface area contributed by atoms with E-state index in [9.17, 15) is 0 Å². The third-order valence-corrected chi connectivity index (χ3v) is 4.68. The van der Waals surface area contributed by atoms with Crippen LogP contribution in [0.2, 0.25) is 0 Å². The summed E-state index contributed by atoms with van der Waals surface area (Å²) in [7, 11) is 4.32. The number of hydrogen-bond donors (Lipinski definition) is 0. The Morgan fingerprint density at radius 1 is 1.00 bits per heavy atom. The summed E-state index contributed by atoms with van der Waals surface area (Å²) in [5, 5.41) is 1.33. The molecule has 2 aromatic carbocycles. The summed E-state index contributed by atoms with van der Waals surface area (Å²) in [6.45, 7) is 2.15. The van der Waals surface area contributed by atoms with Crippen LogP contribution in [0, 0.1) is 0 Å². The zero-order valence-corrected chi connectivity index (χ0v) is 12.6. The SMILES string of the molecule is CN1Cc2ccccc2C(c2ccc3c(ccn3C)c2)C1. The lowest BCUT2D eigenvalue weighted by atomic mass is 9.84. The van der Waals surface area contributed by atoms with Crippen LogP contribution >= 0.6 is 0 Å². The maximum absolute atomic E-state index is 2.42. The molecule has 0 N–H and O–H groups in total. The van der Waals surface area contributed by atoms with Crippen LogP contribution in [0.5, 0.6) is 0 Å². The van der Waals surface area contributed by atoms with Crippen molar-refractivity contribution in [3.63, 3.8) is 0 Å². The number of benzene rings is 2. The van der Waals surface area contributed by atoms with Gasteiger partial charge in [-0.15, -0.1) is 0 Å². The van der Waals surface area contributed by atoms with Crippen molar-refractivity contribution >= 4 is 10.9 Å². The second-order valence-corrected chi connectivity index (χ2v) is 6.19. The van der Waals surface area contributed by atoms with Gasteiger partial charge in [0.25, 0.3) is 0 Å². The highest BCUT2D eigenvalue weighted by Gasteiger charge is 2.24. The Morgan fingerprint density at radius 2 is 1.86 bits per heavy atom. The largest absolute Gasteiger partial charge is 0.351 e. The maximum Gasteiger partial charge on any atom is 0.0477 e. The summed E-state index contributed by atoms with van der Waals surface area (Å²) in [6, 6.07) is 18.0. The summed E-state index contributed by atoms with van der Waals surface area (Å²) in [5.74, 6) is 0.476. The highest BCUT2D eigenvalue weighted by atomic mass is 15.1. The topological polar surface area (TPSA) is 8.17 Å². The fourth-order valence-corrected chi connectivity index (χ4v) is 3.59. The van der Waals surface area contributed by atoms with E-state index in [2.05, 4.69) is 78.3 Å². The molecule has 2 heterocycles. The number of likely N-dealkylation sites (N-methyl/N-ethyl adjacent to an activating group) is 1. The lowest BCUT2D eigenvalue weighted by Crippen LogP contribution is -2.30. The van der Waals surface area contributed by atoms with E-state index in [-0.39, 0.29) is 0 Å². The Kier molecular flexibility index (Phi) is 2.86. The molecule has 0 radical (unpaired) electrons. The van der Waals surface area contributed by atoms with Crippen LogP contribution in [-0.2, 0) is 13.6 Å². The molecule has 21 heavy (non-hydrogen) atoms. The standard InChI is InChI=1S/C19H20N2/c1-20-12-16-5-3-4-6-17(16)18(13-20)14-7-8-19-15(11-14)9-10-21(19)2/h3-11,18H,12-13H2,1-2H3. The van der Waals surface area contributed by atoms with Crippen LogP contribution in [0.15, 0.2) is 54.7 Å². The molecular weight excluding hydrogens is 256 g/mol. The molecular formula is C19H20N2. The fraction of sp³-hybridized carbons (Fsp3) is 0.263. The monoisotopic (exact) mass is 276 g/mol. The molecule has 0 aliphatic carbocycles. The van der Waals surface area contributed by atoms with E-state index >= 15 is 0 Å². The molecule has 4 rings (SSSR count). The number of fused-ring (bicyclic) bond motifs is 2. The third kappa shape index (κ3) is 2.07. The van der Waals surface area contributed by atoms with E-state index in [0.29, 0.717) is 5.92 Å². The second-order valence-electron chi connectivity index (χ2n) is 6.19. The average Bonchev–Trinajstić information content (AvgIpc) is 2.87. The predicted octanol–water partition coefficient (Wildman–Crippen LogP) is 3.76. The Morgan fingerprint density at radius 3 is 2.76 bits per heavy atom. The molecule has 106 valence electrons. The van der Waals surface area contributed by atoms with Crippen LogP contribution < -0.4 is 0 Å². The van der Waals surface area contributed by atoms with E-state index in [1.807, 2.05) is 0 Å². The van der Waals surface area contributed by atoms with Crippen molar-refractivity contribution in [2.45, 2.75) is 12.5 Å². The molecule has 1 aromatic heterocycles. The first kappa shape index (κ1) is 12.7. The molecule has 2 nitrogen and oxygen atoms in total. The van der Waals surface area contributed by atoms with E-state index in [4.69, 9.17) is 0 Å². The van der Waals surface area contributed by atoms with Crippen molar-refractivity contribution in [1.29, 1.82) is 0 Å². The molecule has 0 amide bonds. The first-order chi connectivity index (χ1) is 10.2. The normalized spacial score (nSPS) is 18.9. The van der Waals surface area contributed by atoms with Crippen LogP contribution in [0.3, 0.4) is 0 Å². The number of hydrogen-bond acceptors (Lipinski definition) is 1. The predicted molar refractivity (Wildman–Crippen MR) is 87.5 cm³/mol. The van der Waals surface area contributed by atoms with E-state index < -0.39 is 0 Å². The number of aryl methyl sites for hydroxylation is 1. The van der Waals surface area contributed by atoms with Crippen LogP contribution in [0.4, 0.5) is 0 Å². The lowest BCUT2D eigenvalue weighted by molar-refractivity contribution is 0.295. The van der Waals surface area contributed by atoms with Crippen molar-refractivity contribution in [3.8, 4) is 0 Å². The molecule has 1 unspecified atom stereocenters. The molecule has 1 aliphatic heterocycles. The highest BCUT2D eigenvalue weighted by Crippen LogP contribution is 2.34. The first-order valence-electron chi connectivity index (χ1n) is 7.54. The van der Waals surface area contributed by atoms with Gasteiger partial charge in [0.15, 0.2) is 0 Å². The van der Waals surface area contributed by atoms with Crippen molar-refractivity contribution in [3.05, 3.63) is 71.4 Å². The molecule has 2 heteroatoms. The van der Waals surface area contributed by atoms with Gasteiger partial charge in [-0.1, -0.05) is 30.3 Å². The summed E-state index contributed by atoms with van der Waals surface area (Å²) >= 11 is 0.